The lowest BCUT2D eigenvalue weighted by Crippen LogP contribution is -2.41. The molecule has 0 radical (unpaired) electrons. The van der Waals surface area contributed by atoms with Crippen LogP contribution in [-0.2, 0) is 20.8 Å². The Labute approximate surface area is 149 Å². The van der Waals surface area contributed by atoms with Crippen LogP contribution in [0.3, 0.4) is 0 Å². The SMILES string of the molecule is NC(=O)Cc1ccccc1NC(=O)CN1C(=O)CSc2ccccc21. The summed E-state index contributed by atoms with van der Waals surface area (Å²) in [6.07, 6.45) is 0.0402. The van der Waals surface area contributed by atoms with E-state index in [1.807, 2.05) is 24.3 Å². The molecular weight excluding hydrogens is 338 g/mol. The normalized spacial score (nSPS) is 13.3. The third kappa shape index (κ3) is 4.00. The zero-order chi connectivity index (χ0) is 17.8. The predicted octanol–water partition coefficient (Wildman–Crippen LogP) is 1.79. The van der Waals surface area contributed by atoms with Gasteiger partial charge in [0.15, 0.2) is 0 Å². The lowest BCUT2D eigenvalue weighted by molar-refractivity contribution is -0.120. The number of thioether (sulfide) groups is 1. The maximum Gasteiger partial charge on any atom is 0.244 e. The van der Waals surface area contributed by atoms with E-state index in [9.17, 15) is 14.4 Å². The number of amides is 3. The Morgan fingerprint density at radius 2 is 1.84 bits per heavy atom. The van der Waals surface area contributed by atoms with Gasteiger partial charge in [-0.2, -0.15) is 0 Å². The van der Waals surface area contributed by atoms with Gasteiger partial charge >= 0.3 is 0 Å². The molecule has 25 heavy (non-hydrogen) atoms. The highest BCUT2D eigenvalue weighted by atomic mass is 32.2. The van der Waals surface area contributed by atoms with Gasteiger partial charge in [-0.1, -0.05) is 30.3 Å². The summed E-state index contributed by atoms with van der Waals surface area (Å²) in [6, 6.07) is 14.5. The first-order valence-corrected chi connectivity index (χ1v) is 8.71. The van der Waals surface area contributed by atoms with Gasteiger partial charge in [-0.05, 0) is 23.8 Å². The van der Waals surface area contributed by atoms with Gasteiger partial charge in [-0.3, -0.25) is 14.4 Å². The molecule has 128 valence electrons. The van der Waals surface area contributed by atoms with E-state index in [2.05, 4.69) is 5.32 Å². The Morgan fingerprint density at radius 3 is 2.64 bits per heavy atom. The summed E-state index contributed by atoms with van der Waals surface area (Å²) in [5.74, 6) is -0.599. The van der Waals surface area contributed by atoms with Crippen LogP contribution in [0.2, 0.25) is 0 Å². The molecule has 7 heteroatoms. The average molecular weight is 355 g/mol. The van der Waals surface area contributed by atoms with Crippen molar-refractivity contribution in [1.82, 2.24) is 0 Å². The van der Waals surface area contributed by atoms with E-state index in [0.29, 0.717) is 17.0 Å². The Balaban J connectivity index is 1.76. The van der Waals surface area contributed by atoms with Crippen LogP contribution >= 0.6 is 11.8 Å². The van der Waals surface area contributed by atoms with Crippen LogP contribution in [0, 0.1) is 0 Å². The van der Waals surface area contributed by atoms with Gasteiger partial charge in [-0.15, -0.1) is 11.8 Å². The van der Waals surface area contributed by atoms with E-state index in [0.717, 1.165) is 10.6 Å². The van der Waals surface area contributed by atoms with Crippen LogP contribution in [0.15, 0.2) is 53.4 Å². The standard InChI is InChI=1S/C18H17N3O3S/c19-16(22)9-12-5-1-2-6-13(12)20-17(23)10-21-14-7-3-4-8-15(14)25-11-18(21)24/h1-8H,9-11H2,(H2,19,22)(H,20,23). The molecule has 1 aliphatic rings. The van der Waals surface area contributed by atoms with E-state index in [1.54, 1.807) is 24.3 Å². The molecule has 0 saturated carbocycles. The zero-order valence-corrected chi connectivity index (χ0v) is 14.2. The maximum atomic E-state index is 12.4. The number of fused-ring (bicyclic) bond motifs is 1. The van der Waals surface area contributed by atoms with E-state index in [4.69, 9.17) is 5.73 Å². The molecule has 0 saturated heterocycles. The molecule has 0 spiro atoms. The van der Waals surface area contributed by atoms with Crippen molar-refractivity contribution in [3.8, 4) is 0 Å². The molecule has 2 aromatic rings. The molecule has 1 heterocycles. The molecule has 3 N–H and O–H groups in total. The highest BCUT2D eigenvalue weighted by Gasteiger charge is 2.26. The van der Waals surface area contributed by atoms with Crippen LogP contribution in [0.1, 0.15) is 5.56 Å². The van der Waals surface area contributed by atoms with Crippen LogP contribution in [0.5, 0.6) is 0 Å². The van der Waals surface area contributed by atoms with E-state index < -0.39 is 5.91 Å². The molecule has 0 fully saturated rings. The number of nitrogens with one attached hydrogen (secondary N) is 1. The number of nitrogens with two attached hydrogens (primary N) is 1. The average Bonchev–Trinajstić information content (AvgIpc) is 2.59. The van der Waals surface area contributed by atoms with Crippen LogP contribution in [0.4, 0.5) is 11.4 Å². The summed E-state index contributed by atoms with van der Waals surface area (Å²) in [5, 5.41) is 2.77. The number of nitrogens with zero attached hydrogens (tertiary/aromatic N) is 1. The minimum atomic E-state index is -0.473. The summed E-state index contributed by atoms with van der Waals surface area (Å²) < 4.78 is 0. The van der Waals surface area contributed by atoms with E-state index in [1.165, 1.54) is 16.7 Å². The molecular formula is C18H17N3O3S. The number of carbonyl (C=O) groups excluding carboxylic acids is 3. The van der Waals surface area contributed by atoms with Gasteiger partial charge in [0.2, 0.25) is 17.7 Å². The topological polar surface area (TPSA) is 92.5 Å². The first-order valence-electron chi connectivity index (χ1n) is 7.73. The van der Waals surface area contributed by atoms with Gasteiger partial charge in [0.1, 0.15) is 6.54 Å². The summed E-state index contributed by atoms with van der Waals surface area (Å²) in [4.78, 5) is 38.3. The molecule has 3 amide bonds. The van der Waals surface area contributed by atoms with Gasteiger partial charge in [0.25, 0.3) is 0 Å². The Kier molecular flexibility index (Phi) is 5.04. The number of hydrogen-bond acceptors (Lipinski definition) is 4. The number of carbonyl (C=O) groups is 3. The highest BCUT2D eigenvalue weighted by molar-refractivity contribution is 8.00. The molecule has 2 aromatic carbocycles. The van der Waals surface area contributed by atoms with Gasteiger partial charge in [0.05, 0.1) is 17.9 Å². The first kappa shape index (κ1) is 17.0. The second-order valence-corrected chi connectivity index (χ2v) is 6.60. The lowest BCUT2D eigenvalue weighted by atomic mass is 10.1. The van der Waals surface area contributed by atoms with Crippen molar-refractivity contribution in [3.63, 3.8) is 0 Å². The fourth-order valence-electron chi connectivity index (χ4n) is 2.64. The van der Waals surface area contributed by atoms with E-state index in [-0.39, 0.29) is 24.8 Å². The zero-order valence-electron chi connectivity index (χ0n) is 13.4. The summed E-state index contributed by atoms with van der Waals surface area (Å²) in [7, 11) is 0. The Morgan fingerprint density at radius 1 is 1.12 bits per heavy atom. The minimum absolute atomic E-state index is 0.0402. The molecule has 1 aliphatic heterocycles. The van der Waals surface area contributed by atoms with Gasteiger partial charge in [-0.25, -0.2) is 0 Å². The maximum absolute atomic E-state index is 12.4. The largest absolute Gasteiger partial charge is 0.369 e. The third-order valence-electron chi connectivity index (χ3n) is 3.77. The summed E-state index contributed by atoms with van der Waals surface area (Å²) in [6.45, 7) is -0.0820. The number of hydrogen-bond donors (Lipinski definition) is 2. The van der Waals surface area contributed by atoms with Gasteiger partial charge in [0, 0.05) is 10.6 Å². The monoisotopic (exact) mass is 355 g/mol. The van der Waals surface area contributed by atoms with Crippen molar-refractivity contribution in [2.45, 2.75) is 11.3 Å². The van der Waals surface area contributed by atoms with Crippen molar-refractivity contribution in [3.05, 3.63) is 54.1 Å². The summed E-state index contributed by atoms with van der Waals surface area (Å²) in [5.41, 5.74) is 7.15. The Bertz CT molecular complexity index is 838. The number of rotatable bonds is 5. The predicted molar refractivity (Wildman–Crippen MR) is 97.5 cm³/mol. The van der Waals surface area contributed by atoms with Crippen LogP contribution < -0.4 is 16.0 Å². The van der Waals surface area contributed by atoms with Crippen LogP contribution in [0.25, 0.3) is 0 Å². The summed E-state index contributed by atoms with van der Waals surface area (Å²) >= 11 is 1.47. The second-order valence-electron chi connectivity index (χ2n) is 5.58. The smallest absolute Gasteiger partial charge is 0.244 e. The number of anilines is 2. The van der Waals surface area contributed by atoms with Crippen molar-refractivity contribution in [2.75, 3.05) is 22.5 Å². The fourth-order valence-corrected chi connectivity index (χ4v) is 3.58. The van der Waals surface area contributed by atoms with Crippen molar-refractivity contribution < 1.29 is 14.4 Å². The first-order chi connectivity index (χ1) is 12.0. The molecule has 0 aliphatic carbocycles. The van der Waals surface area contributed by atoms with Crippen molar-refractivity contribution >= 4 is 40.9 Å². The molecule has 0 unspecified atom stereocenters. The molecule has 0 aromatic heterocycles. The number of benzene rings is 2. The minimum Gasteiger partial charge on any atom is -0.369 e. The molecule has 0 atom stereocenters. The second kappa shape index (κ2) is 7.40. The third-order valence-corrected chi connectivity index (χ3v) is 4.81. The van der Waals surface area contributed by atoms with Crippen molar-refractivity contribution in [2.24, 2.45) is 5.73 Å². The van der Waals surface area contributed by atoms with E-state index >= 15 is 0 Å². The number of para-hydroxylation sites is 2. The Hall–Kier alpha value is -2.80. The molecule has 3 rings (SSSR count). The highest BCUT2D eigenvalue weighted by Crippen LogP contribution is 2.34. The van der Waals surface area contributed by atoms with Gasteiger partial charge < -0.3 is 16.0 Å². The van der Waals surface area contributed by atoms with Crippen LogP contribution in [-0.4, -0.2) is 30.0 Å². The molecule has 0 bridgehead atoms. The van der Waals surface area contributed by atoms with Crippen molar-refractivity contribution in [1.29, 1.82) is 0 Å². The lowest BCUT2D eigenvalue weighted by Gasteiger charge is -2.28. The fraction of sp³-hybridized carbons (Fsp3) is 0.167. The number of primary amides is 1. The molecule has 6 nitrogen and oxygen atoms in total. The quantitative estimate of drug-likeness (QED) is 0.855.